The van der Waals surface area contributed by atoms with Crippen molar-refractivity contribution in [3.8, 4) is 0 Å². The number of benzene rings is 1. The second-order valence-electron chi connectivity index (χ2n) is 5.09. The molecular formula is C13H15N3S. The molecule has 1 aromatic heterocycles. The van der Waals surface area contributed by atoms with Gasteiger partial charge in [-0.3, -0.25) is 0 Å². The standard InChI is InChI=1S/C13H15N3S/c1-2-4-12-11(3-1)13(17-15-12)16-7-9-5-14-6-10(9)8-16/h1-4,9-10,14H,5-8H2/t9-,10+. The van der Waals surface area contributed by atoms with Crippen molar-refractivity contribution < 1.29 is 0 Å². The lowest BCUT2D eigenvalue weighted by molar-refractivity contribution is 0.533. The van der Waals surface area contributed by atoms with Gasteiger partial charge in [-0.15, -0.1) is 0 Å². The Morgan fingerprint density at radius 3 is 2.76 bits per heavy atom. The molecule has 2 aromatic rings. The number of nitrogens with one attached hydrogen (secondary N) is 1. The second kappa shape index (κ2) is 3.68. The highest BCUT2D eigenvalue weighted by Crippen LogP contribution is 2.37. The van der Waals surface area contributed by atoms with Crippen molar-refractivity contribution in [3.05, 3.63) is 24.3 Å². The van der Waals surface area contributed by atoms with Crippen LogP contribution in [-0.2, 0) is 0 Å². The van der Waals surface area contributed by atoms with Crippen LogP contribution in [0.5, 0.6) is 0 Å². The molecule has 0 unspecified atom stereocenters. The lowest BCUT2D eigenvalue weighted by atomic mass is 10.0. The monoisotopic (exact) mass is 245 g/mol. The first-order valence-corrected chi connectivity index (χ1v) is 6.99. The van der Waals surface area contributed by atoms with Crippen LogP contribution in [-0.4, -0.2) is 30.6 Å². The molecule has 0 aliphatic carbocycles. The molecule has 2 saturated heterocycles. The van der Waals surface area contributed by atoms with Crippen LogP contribution >= 0.6 is 11.5 Å². The molecule has 4 heteroatoms. The summed E-state index contributed by atoms with van der Waals surface area (Å²) in [6, 6.07) is 8.47. The van der Waals surface area contributed by atoms with Gasteiger partial charge >= 0.3 is 0 Å². The molecule has 2 aliphatic heterocycles. The van der Waals surface area contributed by atoms with Gasteiger partial charge in [-0.1, -0.05) is 12.1 Å². The van der Waals surface area contributed by atoms with E-state index in [4.69, 9.17) is 0 Å². The molecular weight excluding hydrogens is 230 g/mol. The van der Waals surface area contributed by atoms with Gasteiger partial charge in [0, 0.05) is 31.6 Å². The number of hydrogen-bond acceptors (Lipinski definition) is 4. The highest BCUT2D eigenvalue weighted by atomic mass is 32.1. The van der Waals surface area contributed by atoms with Crippen molar-refractivity contribution in [2.75, 3.05) is 31.1 Å². The zero-order chi connectivity index (χ0) is 11.2. The van der Waals surface area contributed by atoms with E-state index >= 15 is 0 Å². The molecule has 2 atom stereocenters. The molecule has 2 aliphatic rings. The molecule has 3 nitrogen and oxygen atoms in total. The summed E-state index contributed by atoms with van der Waals surface area (Å²) in [5.74, 6) is 1.69. The second-order valence-corrected chi connectivity index (χ2v) is 5.84. The molecule has 88 valence electrons. The number of nitrogens with zero attached hydrogens (tertiary/aromatic N) is 2. The Balaban J connectivity index is 1.71. The molecule has 17 heavy (non-hydrogen) atoms. The fourth-order valence-corrected chi connectivity index (χ4v) is 4.00. The Labute approximate surface area is 105 Å². The molecule has 4 rings (SSSR count). The van der Waals surface area contributed by atoms with E-state index < -0.39 is 0 Å². The highest BCUT2D eigenvalue weighted by molar-refractivity contribution is 7.11. The van der Waals surface area contributed by atoms with Crippen molar-refractivity contribution in [2.24, 2.45) is 11.8 Å². The van der Waals surface area contributed by atoms with Crippen LogP contribution in [0.3, 0.4) is 0 Å². The van der Waals surface area contributed by atoms with E-state index in [1.54, 1.807) is 11.5 Å². The molecule has 0 amide bonds. The third-order valence-corrected chi connectivity index (χ3v) is 4.98. The van der Waals surface area contributed by atoms with Gasteiger partial charge in [0.1, 0.15) is 5.00 Å². The largest absolute Gasteiger partial charge is 0.361 e. The molecule has 0 bridgehead atoms. The van der Waals surface area contributed by atoms with Gasteiger partial charge < -0.3 is 10.2 Å². The van der Waals surface area contributed by atoms with E-state index in [0.29, 0.717) is 0 Å². The quantitative estimate of drug-likeness (QED) is 0.832. The maximum absolute atomic E-state index is 4.54. The fraction of sp³-hybridized carbons (Fsp3) is 0.462. The lowest BCUT2D eigenvalue weighted by Gasteiger charge is -2.17. The smallest absolute Gasteiger partial charge is 0.119 e. The number of hydrogen-bond donors (Lipinski definition) is 1. The normalized spacial score (nSPS) is 27.9. The molecule has 1 aromatic carbocycles. The summed E-state index contributed by atoms with van der Waals surface area (Å²) in [5.41, 5.74) is 1.14. The molecule has 3 heterocycles. The van der Waals surface area contributed by atoms with Crippen molar-refractivity contribution in [1.82, 2.24) is 9.69 Å². The van der Waals surface area contributed by atoms with Gasteiger partial charge in [0.05, 0.1) is 5.52 Å². The average Bonchev–Trinajstić information content (AvgIpc) is 3.01. The minimum Gasteiger partial charge on any atom is -0.361 e. The van der Waals surface area contributed by atoms with E-state index in [2.05, 4.69) is 38.9 Å². The minimum absolute atomic E-state index is 0.843. The Hall–Kier alpha value is -1.13. The molecule has 2 fully saturated rings. The van der Waals surface area contributed by atoms with Crippen LogP contribution in [0.25, 0.3) is 10.9 Å². The maximum Gasteiger partial charge on any atom is 0.119 e. The van der Waals surface area contributed by atoms with Crippen LogP contribution in [0.2, 0.25) is 0 Å². The Morgan fingerprint density at radius 2 is 1.94 bits per heavy atom. The summed E-state index contributed by atoms with van der Waals surface area (Å²) < 4.78 is 4.54. The van der Waals surface area contributed by atoms with Gasteiger partial charge in [0.15, 0.2) is 0 Å². The van der Waals surface area contributed by atoms with E-state index in [-0.39, 0.29) is 0 Å². The number of rotatable bonds is 1. The Morgan fingerprint density at radius 1 is 1.18 bits per heavy atom. The fourth-order valence-electron chi connectivity index (χ4n) is 3.12. The highest BCUT2D eigenvalue weighted by Gasteiger charge is 2.37. The number of aromatic nitrogens is 1. The summed E-state index contributed by atoms with van der Waals surface area (Å²) in [4.78, 5) is 2.54. The lowest BCUT2D eigenvalue weighted by Crippen LogP contribution is -2.24. The van der Waals surface area contributed by atoms with Crippen LogP contribution in [0.15, 0.2) is 24.3 Å². The molecule has 0 radical (unpaired) electrons. The van der Waals surface area contributed by atoms with Crippen molar-refractivity contribution in [3.63, 3.8) is 0 Å². The van der Waals surface area contributed by atoms with Gasteiger partial charge in [0.25, 0.3) is 0 Å². The number of anilines is 1. The van der Waals surface area contributed by atoms with Crippen molar-refractivity contribution in [2.45, 2.75) is 0 Å². The Bertz CT molecular complexity index is 538. The topological polar surface area (TPSA) is 28.2 Å². The first-order valence-electron chi connectivity index (χ1n) is 6.22. The first-order chi connectivity index (χ1) is 8.42. The van der Waals surface area contributed by atoms with E-state index in [1.807, 2.05) is 0 Å². The number of fused-ring (bicyclic) bond motifs is 2. The van der Waals surface area contributed by atoms with Crippen LogP contribution < -0.4 is 10.2 Å². The van der Waals surface area contributed by atoms with Crippen LogP contribution in [0.1, 0.15) is 0 Å². The molecule has 0 saturated carbocycles. The Kier molecular flexibility index (Phi) is 2.13. The van der Waals surface area contributed by atoms with E-state index in [1.165, 1.54) is 36.6 Å². The summed E-state index contributed by atoms with van der Waals surface area (Å²) in [6.07, 6.45) is 0. The molecule has 0 spiro atoms. The van der Waals surface area contributed by atoms with Gasteiger partial charge in [-0.25, -0.2) is 0 Å². The summed E-state index contributed by atoms with van der Waals surface area (Å²) in [7, 11) is 0. The first kappa shape index (κ1) is 9.85. The summed E-state index contributed by atoms with van der Waals surface area (Å²) >= 11 is 1.65. The van der Waals surface area contributed by atoms with E-state index in [0.717, 1.165) is 17.4 Å². The predicted octanol–water partition coefficient (Wildman–Crippen LogP) is 1.95. The zero-order valence-corrected chi connectivity index (χ0v) is 10.4. The van der Waals surface area contributed by atoms with Gasteiger partial charge in [0.2, 0.25) is 0 Å². The maximum atomic E-state index is 4.54. The van der Waals surface area contributed by atoms with Gasteiger partial charge in [-0.2, -0.15) is 4.37 Å². The minimum atomic E-state index is 0.843. The van der Waals surface area contributed by atoms with Crippen molar-refractivity contribution >= 4 is 27.4 Å². The zero-order valence-electron chi connectivity index (χ0n) is 9.60. The van der Waals surface area contributed by atoms with Gasteiger partial charge in [-0.05, 0) is 35.5 Å². The average molecular weight is 245 g/mol. The summed E-state index contributed by atoms with van der Waals surface area (Å²) in [6.45, 7) is 4.78. The SMILES string of the molecule is c1ccc2c(N3C[C@H]4CNC[C@H]4C3)snc2c1. The predicted molar refractivity (Wildman–Crippen MR) is 71.7 cm³/mol. The third-order valence-electron chi connectivity index (χ3n) is 4.04. The summed E-state index contributed by atoms with van der Waals surface area (Å²) in [5, 5.41) is 6.18. The van der Waals surface area contributed by atoms with Crippen LogP contribution in [0.4, 0.5) is 5.00 Å². The molecule has 1 N–H and O–H groups in total. The van der Waals surface area contributed by atoms with Crippen LogP contribution in [0, 0.1) is 11.8 Å². The van der Waals surface area contributed by atoms with E-state index in [9.17, 15) is 0 Å². The third kappa shape index (κ3) is 1.47. The van der Waals surface area contributed by atoms with Crippen molar-refractivity contribution in [1.29, 1.82) is 0 Å².